The highest BCUT2D eigenvalue weighted by Gasteiger charge is 2.18. The van der Waals surface area contributed by atoms with Crippen LogP contribution in [0.4, 0.5) is 5.69 Å². The molecule has 0 aliphatic heterocycles. The SMILES string of the molecule is CN(C(=O)c1cccnc1Cl)c1ccc(Br)cc1Cl. The van der Waals surface area contributed by atoms with Crippen molar-refractivity contribution in [1.82, 2.24) is 4.98 Å². The fourth-order valence-electron chi connectivity index (χ4n) is 1.59. The summed E-state index contributed by atoms with van der Waals surface area (Å²) >= 11 is 15.4. The van der Waals surface area contributed by atoms with Gasteiger partial charge in [0.2, 0.25) is 0 Å². The first kappa shape index (κ1) is 14.3. The molecule has 1 aromatic heterocycles. The summed E-state index contributed by atoms with van der Waals surface area (Å²) < 4.78 is 0.849. The Kier molecular flexibility index (Phi) is 4.45. The highest BCUT2D eigenvalue weighted by Crippen LogP contribution is 2.29. The Hall–Kier alpha value is -1.10. The number of nitrogens with zero attached hydrogens (tertiary/aromatic N) is 2. The number of aromatic nitrogens is 1. The summed E-state index contributed by atoms with van der Waals surface area (Å²) in [6.45, 7) is 0. The average molecular weight is 360 g/mol. The quantitative estimate of drug-likeness (QED) is 0.743. The zero-order valence-electron chi connectivity index (χ0n) is 9.90. The van der Waals surface area contributed by atoms with E-state index in [-0.39, 0.29) is 11.1 Å². The molecule has 0 N–H and O–H groups in total. The lowest BCUT2D eigenvalue weighted by molar-refractivity contribution is 0.0993. The molecule has 0 fully saturated rings. The molecule has 2 aromatic rings. The Labute approximate surface area is 129 Å². The maximum Gasteiger partial charge on any atom is 0.261 e. The van der Waals surface area contributed by atoms with Crippen LogP contribution < -0.4 is 4.90 Å². The minimum Gasteiger partial charge on any atom is -0.310 e. The molecule has 0 radical (unpaired) electrons. The molecule has 6 heteroatoms. The number of amides is 1. The maximum absolute atomic E-state index is 12.3. The molecule has 0 unspecified atom stereocenters. The molecule has 0 aliphatic rings. The minimum absolute atomic E-state index is 0.174. The molecule has 0 aliphatic carbocycles. The number of pyridine rings is 1. The summed E-state index contributed by atoms with van der Waals surface area (Å²) in [6, 6.07) is 8.59. The number of hydrogen-bond acceptors (Lipinski definition) is 2. The van der Waals surface area contributed by atoms with Gasteiger partial charge in [0.15, 0.2) is 0 Å². The van der Waals surface area contributed by atoms with Crippen LogP contribution in [-0.4, -0.2) is 17.9 Å². The van der Waals surface area contributed by atoms with E-state index in [1.165, 1.54) is 11.1 Å². The van der Waals surface area contributed by atoms with Gasteiger partial charge in [0.25, 0.3) is 5.91 Å². The minimum atomic E-state index is -0.262. The van der Waals surface area contributed by atoms with Crippen molar-refractivity contribution >= 4 is 50.7 Å². The van der Waals surface area contributed by atoms with Crippen LogP contribution in [0.25, 0.3) is 0 Å². The van der Waals surface area contributed by atoms with Crippen LogP contribution in [-0.2, 0) is 0 Å². The molecule has 0 spiro atoms. The fourth-order valence-corrected chi connectivity index (χ4v) is 2.59. The number of anilines is 1. The van der Waals surface area contributed by atoms with Gasteiger partial charge in [0, 0.05) is 17.7 Å². The van der Waals surface area contributed by atoms with Gasteiger partial charge in [-0.2, -0.15) is 0 Å². The van der Waals surface area contributed by atoms with E-state index >= 15 is 0 Å². The zero-order valence-corrected chi connectivity index (χ0v) is 13.0. The van der Waals surface area contributed by atoms with Crippen LogP contribution >= 0.6 is 39.1 Å². The van der Waals surface area contributed by atoms with Gasteiger partial charge in [-0.05, 0) is 30.3 Å². The van der Waals surface area contributed by atoms with Crippen molar-refractivity contribution in [3.05, 3.63) is 56.7 Å². The van der Waals surface area contributed by atoms with Crippen LogP contribution in [0.2, 0.25) is 10.2 Å². The van der Waals surface area contributed by atoms with Gasteiger partial charge in [-0.15, -0.1) is 0 Å². The van der Waals surface area contributed by atoms with Gasteiger partial charge < -0.3 is 4.90 Å². The molecular formula is C13H9BrCl2N2O. The monoisotopic (exact) mass is 358 g/mol. The van der Waals surface area contributed by atoms with Crippen molar-refractivity contribution in [2.45, 2.75) is 0 Å². The largest absolute Gasteiger partial charge is 0.310 e. The third-order valence-electron chi connectivity index (χ3n) is 2.57. The van der Waals surface area contributed by atoms with E-state index in [1.54, 1.807) is 31.3 Å². The normalized spacial score (nSPS) is 10.3. The van der Waals surface area contributed by atoms with Crippen molar-refractivity contribution in [2.75, 3.05) is 11.9 Å². The first-order valence-corrected chi connectivity index (χ1v) is 6.89. The van der Waals surface area contributed by atoms with E-state index in [0.717, 1.165) is 4.47 Å². The number of rotatable bonds is 2. The Balaban J connectivity index is 2.37. The number of carbonyl (C=O) groups excluding carboxylic acids is 1. The summed E-state index contributed by atoms with van der Waals surface area (Å²) in [5.41, 5.74) is 0.945. The van der Waals surface area contributed by atoms with Crippen LogP contribution in [0.15, 0.2) is 41.0 Å². The Morgan fingerprint density at radius 3 is 2.68 bits per heavy atom. The molecule has 1 amide bonds. The molecule has 2 rings (SSSR count). The third kappa shape index (κ3) is 3.08. The predicted molar refractivity (Wildman–Crippen MR) is 81.1 cm³/mol. The number of carbonyl (C=O) groups is 1. The Morgan fingerprint density at radius 1 is 1.32 bits per heavy atom. The molecule has 0 saturated heterocycles. The van der Waals surface area contributed by atoms with E-state index in [9.17, 15) is 4.79 Å². The lowest BCUT2D eigenvalue weighted by atomic mass is 10.2. The average Bonchev–Trinajstić information content (AvgIpc) is 2.38. The second-order valence-electron chi connectivity index (χ2n) is 3.80. The summed E-state index contributed by atoms with van der Waals surface area (Å²) in [5, 5.41) is 0.651. The molecule has 1 aromatic carbocycles. The topological polar surface area (TPSA) is 33.2 Å². The molecule has 0 saturated carbocycles. The predicted octanol–water partition coefficient (Wildman–Crippen LogP) is 4.43. The van der Waals surface area contributed by atoms with E-state index < -0.39 is 0 Å². The second-order valence-corrected chi connectivity index (χ2v) is 5.48. The first-order chi connectivity index (χ1) is 9.00. The zero-order chi connectivity index (χ0) is 14.0. The van der Waals surface area contributed by atoms with E-state index in [1.807, 2.05) is 6.07 Å². The van der Waals surface area contributed by atoms with Crippen LogP contribution in [0.5, 0.6) is 0 Å². The van der Waals surface area contributed by atoms with Crippen LogP contribution in [0.1, 0.15) is 10.4 Å². The van der Waals surface area contributed by atoms with Gasteiger partial charge in [-0.25, -0.2) is 4.98 Å². The standard InChI is InChI=1S/C13H9BrCl2N2O/c1-18(11-5-4-8(14)7-10(11)15)13(19)9-3-2-6-17-12(9)16/h2-7H,1H3. The van der Waals surface area contributed by atoms with Crippen molar-refractivity contribution in [3.63, 3.8) is 0 Å². The Bertz CT molecular complexity index is 634. The van der Waals surface area contributed by atoms with Gasteiger partial charge in [0.1, 0.15) is 5.15 Å². The molecule has 98 valence electrons. The highest BCUT2D eigenvalue weighted by atomic mass is 79.9. The lowest BCUT2D eigenvalue weighted by Gasteiger charge is -2.19. The van der Waals surface area contributed by atoms with E-state index in [0.29, 0.717) is 16.3 Å². The smallest absolute Gasteiger partial charge is 0.261 e. The summed E-state index contributed by atoms with van der Waals surface area (Å²) in [7, 11) is 1.64. The number of halogens is 3. The summed E-state index contributed by atoms with van der Waals surface area (Å²) in [5.74, 6) is -0.262. The molecule has 0 atom stereocenters. The molecule has 19 heavy (non-hydrogen) atoms. The second kappa shape index (κ2) is 5.90. The highest BCUT2D eigenvalue weighted by molar-refractivity contribution is 9.10. The van der Waals surface area contributed by atoms with Gasteiger partial charge >= 0.3 is 0 Å². The lowest BCUT2D eigenvalue weighted by Crippen LogP contribution is -2.26. The molecule has 3 nitrogen and oxygen atoms in total. The van der Waals surface area contributed by atoms with Crippen molar-refractivity contribution in [1.29, 1.82) is 0 Å². The van der Waals surface area contributed by atoms with E-state index in [4.69, 9.17) is 23.2 Å². The first-order valence-electron chi connectivity index (χ1n) is 5.34. The number of hydrogen-bond donors (Lipinski definition) is 0. The fraction of sp³-hybridized carbons (Fsp3) is 0.0769. The van der Waals surface area contributed by atoms with Crippen LogP contribution in [0.3, 0.4) is 0 Å². The van der Waals surface area contributed by atoms with Gasteiger partial charge in [-0.3, -0.25) is 4.79 Å². The van der Waals surface area contributed by atoms with Crippen molar-refractivity contribution in [2.24, 2.45) is 0 Å². The van der Waals surface area contributed by atoms with Crippen molar-refractivity contribution in [3.8, 4) is 0 Å². The van der Waals surface area contributed by atoms with Gasteiger partial charge in [0.05, 0.1) is 16.3 Å². The number of benzene rings is 1. The Morgan fingerprint density at radius 2 is 2.05 bits per heavy atom. The van der Waals surface area contributed by atoms with Crippen molar-refractivity contribution < 1.29 is 4.79 Å². The van der Waals surface area contributed by atoms with Crippen LogP contribution in [0, 0.1) is 0 Å². The molecule has 1 heterocycles. The summed E-state index contributed by atoms with van der Waals surface area (Å²) in [4.78, 5) is 17.7. The van der Waals surface area contributed by atoms with Gasteiger partial charge in [-0.1, -0.05) is 39.1 Å². The molecule has 0 bridgehead atoms. The van der Waals surface area contributed by atoms with E-state index in [2.05, 4.69) is 20.9 Å². The summed E-state index contributed by atoms with van der Waals surface area (Å²) in [6.07, 6.45) is 1.53. The third-order valence-corrected chi connectivity index (χ3v) is 3.66. The maximum atomic E-state index is 12.3. The molecular weight excluding hydrogens is 351 g/mol.